The molecule has 5 heteroatoms. The van der Waals surface area contributed by atoms with Gasteiger partial charge in [0, 0.05) is 16.0 Å². The number of rotatable bonds is 9. The Balaban J connectivity index is 1.60. The number of fused-ring (bicyclic) bond motifs is 1. The maximum absolute atomic E-state index is 12.5. The molecule has 0 saturated carbocycles. The Morgan fingerprint density at radius 1 is 0.966 bits per heavy atom. The minimum absolute atomic E-state index is 0.0981. The molecule has 4 nitrogen and oxygen atoms in total. The second-order valence-corrected chi connectivity index (χ2v) is 7.73. The number of benzene rings is 2. The average Bonchev–Trinajstić information content (AvgIpc) is 2.72. The predicted octanol–water partition coefficient (Wildman–Crippen LogP) is 6.60. The Labute approximate surface area is 175 Å². The minimum atomic E-state index is -0.590. The molecule has 0 radical (unpaired) electrons. The standard InChI is InChI=1S/C24H26ClNO3/c1-2-3-4-5-6-7-8-17-9-11-18(12-10-17)23(27)26-21-16-19-15-20(25)13-14-22(19)29-24(21)28/h9-16H,2-8H2,1H3,(H,26,27). The van der Waals surface area contributed by atoms with E-state index in [1.165, 1.54) is 37.7 Å². The van der Waals surface area contributed by atoms with E-state index in [1.54, 1.807) is 36.4 Å². The van der Waals surface area contributed by atoms with Crippen molar-refractivity contribution in [1.82, 2.24) is 0 Å². The first-order valence-corrected chi connectivity index (χ1v) is 10.6. The van der Waals surface area contributed by atoms with Crippen LogP contribution in [0.15, 0.2) is 57.7 Å². The summed E-state index contributed by atoms with van der Waals surface area (Å²) >= 11 is 5.99. The van der Waals surface area contributed by atoms with E-state index in [9.17, 15) is 9.59 Å². The van der Waals surface area contributed by atoms with Gasteiger partial charge in [-0.2, -0.15) is 0 Å². The Morgan fingerprint density at radius 3 is 2.45 bits per heavy atom. The Morgan fingerprint density at radius 2 is 1.69 bits per heavy atom. The monoisotopic (exact) mass is 411 g/mol. The topological polar surface area (TPSA) is 59.3 Å². The van der Waals surface area contributed by atoms with Crippen LogP contribution in [0.1, 0.15) is 61.4 Å². The van der Waals surface area contributed by atoms with Crippen LogP contribution in [-0.2, 0) is 6.42 Å². The molecule has 0 saturated heterocycles. The first kappa shape index (κ1) is 21.1. The van der Waals surface area contributed by atoms with E-state index in [4.69, 9.17) is 16.0 Å². The van der Waals surface area contributed by atoms with Crippen molar-refractivity contribution in [2.45, 2.75) is 51.9 Å². The van der Waals surface area contributed by atoms with Gasteiger partial charge in [-0.3, -0.25) is 4.79 Å². The number of hydrogen-bond donors (Lipinski definition) is 1. The summed E-state index contributed by atoms with van der Waals surface area (Å²) in [4.78, 5) is 24.7. The summed E-state index contributed by atoms with van der Waals surface area (Å²) in [6.45, 7) is 2.22. The summed E-state index contributed by atoms with van der Waals surface area (Å²) in [5.74, 6) is -0.343. The smallest absolute Gasteiger partial charge is 0.360 e. The summed E-state index contributed by atoms with van der Waals surface area (Å²) in [5, 5.41) is 3.83. The number of unbranched alkanes of at least 4 members (excludes halogenated alkanes) is 5. The van der Waals surface area contributed by atoms with Gasteiger partial charge < -0.3 is 9.73 Å². The number of carbonyl (C=O) groups is 1. The molecule has 0 fully saturated rings. The molecule has 3 rings (SSSR count). The van der Waals surface area contributed by atoms with Crippen molar-refractivity contribution >= 4 is 34.2 Å². The van der Waals surface area contributed by atoms with Crippen LogP contribution >= 0.6 is 11.6 Å². The van der Waals surface area contributed by atoms with Crippen molar-refractivity contribution in [3.63, 3.8) is 0 Å². The Kier molecular flexibility index (Phi) is 7.48. The maximum Gasteiger partial charge on any atom is 0.360 e. The van der Waals surface area contributed by atoms with Crippen LogP contribution in [0.2, 0.25) is 5.02 Å². The lowest BCUT2D eigenvalue weighted by molar-refractivity contribution is 0.102. The summed E-state index contributed by atoms with van der Waals surface area (Å²) in [7, 11) is 0. The van der Waals surface area contributed by atoms with Crippen LogP contribution in [0.3, 0.4) is 0 Å². The van der Waals surface area contributed by atoms with Gasteiger partial charge in [-0.25, -0.2) is 4.79 Å². The molecule has 0 atom stereocenters. The summed E-state index contributed by atoms with van der Waals surface area (Å²) < 4.78 is 5.25. The largest absolute Gasteiger partial charge is 0.421 e. The predicted molar refractivity (Wildman–Crippen MR) is 119 cm³/mol. The molecule has 1 amide bonds. The quantitative estimate of drug-likeness (QED) is 0.318. The van der Waals surface area contributed by atoms with Crippen LogP contribution in [0.25, 0.3) is 11.0 Å². The van der Waals surface area contributed by atoms with Gasteiger partial charge in [0.2, 0.25) is 0 Å². The van der Waals surface area contributed by atoms with Gasteiger partial charge >= 0.3 is 5.63 Å². The number of aryl methyl sites for hydroxylation is 1. The summed E-state index contributed by atoms with van der Waals surface area (Å²) in [6, 6.07) is 14.1. The normalized spacial score (nSPS) is 11.0. The van der Waals surface area contributed by atoms with Crippen molar-refractivity contribution in [1.29, 1.82) is 0 Å². The highest BCUT2D eigenvalue weighted by Gasteiger charge is 2.11. The van der Waals surface area contributed by atoms with E-state index in [0.717, 1.165) is 12.8 Å². The third-order valence-corrected chi connectivity index (χ3v) is 5.21. The third-order valence-electron chi connectivity index (χ3n) is 4.98. The number of amides is 1. The van der Waals surface area contributed by atoms with E-state index < -0.39 is 5.63 Å². The summed E-state index contributed by atoms with van der Waals surface area (Å²) in [5.41, 5.74) is 1.66. The molecule has 152 valence electrons. The van der Waals surface area contributed by atoms with E-state index >= 15 is 0 Å². The van der Waals surface area contributed by atoms with E-state index in [0.29, 0.717) is 21.6 Å². The zero-order valence-corrected chi connectivity index (χ0v) is 17.4. The molecule has 1 heterocycles. The number of carbonyl (C=O) groups excluding carboxylic acids is 1. The minimum Gasteiger partial charge on any atom is -0.421 e. The van der Waals surface area contributed by atoms with Crippen LogP contribution < -0.4 is 10.9 Å². The first-order valence-electron chi connectivity index (χ1n) is 10.2. The molecule has 1 aromatic heterocycles. The van der Waals surface area contributed by atoms with Crippen molar-refractivity contribution < 1.29 is 9.21 Å². The van der Waals surface area contributed by atoms with E-state index in [2.05, 4.69) is 12.2 Å². The molecular weight excluding hydrogens is 386 g/mol. The Hall–Kier alpha value is -2.59. The highest BCUT2D eigenvalue weighted by molar-refractivity contribution is 6.31. The average molecular weight is 412 g/mol. The number of anilines is 1. The highest BCUT2D eigenvalue weighted by Crippen LogP contribution is 2.21. The van der Waals surface area contributed by atoms with Gasteiger partial charge in [-0.1, -0.05) is 62.8 Å². The summed E-state index contributed by atoms with van der Waals surface area (Å²) in [6.07, 6.45) is 8.59. The fourth-order valence-corrected chi connectivity index (χ4v) is 3.49. The van der Waals surface area contributed by atoms with Crippen LogP contribution in [0, 0.1) is 0 Å². The van der Waals surface area contributed by atoms with Gasteiger partial charge in [0.05, 0.1) is 0 Å². The number of halogens is 1. The van der Waals surface area contributed by atoms with Crippen molar-refractivity contribution in [3.05, 3.63) is 75.1 Å². The fraction of sp³-hybridized carbons (Fsp3) is 0.333. The van der Waals surface area contributed by atoms with Gasteiger partial charge in [0.15, 0.2) is 0 Å². The highest BCUT2D eigenvalue weighted by atomic mass is 35.5. The number of nitrogens with one attached hydrogen (secondary N) is 1. The molecule has 0 aliphatic heterocycles. The zero-order chi connectivity index (χ0) is 20.6. The lowest BCUT2D eigenvalue weighted by Crippen LogP contribution is -2.17. The molecule has 0 unspecified atom stereocenters. The first-order chi connectivity index (χ1) is 14.1. The number of hydrogen-bond acceptors (Lipinski definition) is 3. The van der Waals surface area contributed by atoms with Crippen molar-refractivity contribution in [3.8, 4) is 0 Å². The SMILES string of the molecule is CCCCCCCCc1ccc(C(=O)Nc2cc3cc(Cl)ccc3oc2=O)cc1. The van der Waals surface area contributed by atoms with E-state index in [1.807, 2.05) is 12.1 Å². The zero-order valence-electron chi connectivity index (χ0n) is 16.7. The molecule has 0 aliphatic carbocycles. The van der Waals surface area contributed by atoms with Crippen molar-refractivity contribution in [2.24, 2.45) is 0 Å². The third kappa shape index (κ3) is 5.94. The van der Waals surface area contributed by atoms with Gasteiger partial charge in [-0.05, 0) is 54.8 Å². The second kappa shape index (κ2) is 10.3. The van der Waals surface area contributed by atoms with E-state index in [-0.39, 0.29) is 11.6 Å². The van der Waals surface area contributed by atoms with Crippen LogP contribution in [-0.4, -0.2) is 5.91 Å². The molecular formula is C24H26ClNO3. The van der Waals surface area contributed by atoms with Crippen LogP contribution in [0.5, 0.6) is 0 Å². The molecule has 0 spiro atoms. The van der Waals surface area contributed by atoms with Crippen LogP contribution in [0.4, 0.5) is 5.69 Å². The van der Waals surface area contributed by atoms with Gasteiger partial charge in [0.1, 0.15) is 11.3 Å². The molecule has 3 aromatic rings. The second-order valence-electron chi connectivity index (χ2n) is 7.30. The molecule has 0 aliphatic rings. The van der Waals surface area contributed by atoms with Gasteiger partial charge in [-0.15, -0.1) is 0 Å². The molecule has 0 bridgehead atoms. The maximum atomic E-state index is 12.5. The molecule has 29 heavy (non-hydrogen) atoms. The fourth-order valence-electron chi connectivity index (χ4n) is 3.31. The van der Waals surface area contributed by atoms with Crippen molar-refractivity contribution in [2.75, 3.05) is 5.32 Å². The Bertz CT molecular complexity index is 1020. The lowest BCUT2D eigenvalue weighted by atomic mass is 10.0. The molecule has 1 N–H and O–H groups in total. The van der Waals surface area contributed by atoms with Gasteiger partial charge in [0.25, 0.3) is 5.91 Å². The molecule has 2 aromatic carbocycles. The lowest BCUT2D eigenvalue weighted by Gasteiger charge is -2.07.